The number of rotatable bonds is 8. The second-order valence-electron chi connectivity index (χ2n) is 5.38. The van der Waals surface area contributed by atoms with Crippen LogP contribution in [0.1, 0.15) is 51.4 Å². The largest absolute Gasteiger partial charge is 0.481 e. The molecular weight excluding hydrogens is 286 g/mol. The van der Waals surface area contributed by atoms with Gasteiger partial charge in [-0.2, -0.15) is 4.98 Å². The first kappa shape index (κ1) is 16.1. The maximum absolute atomic E-state index is 5.93. The van der Waals surface area contributed by atoms with Crippen molar-refractivity contribution in [2.75, 3.05) is 13.0 Å². The van der Waals surface area contributed by atoms with Crippen molar-refractivity contribution >= 4 is 22.8 Å². The molecule has 4 nitrogen and oxygen atoms in total. The monoisotopic (exact) mass is 309 g/mol. The molecule has 5 heteroatoms. The summed E-state index contributed by atoms with van der Waals surface area (Å²) in [7, 11) is 1.64. The van der Waals surface area contributed by atoms with Crippen LogP contribution in [0, 0.1) is 0 Å². The molecule has 0 saturated carbocycles. The maximum atomic E-state index is 5.93. The zero-order valence-corrected chi connectivity index (χ0v) is 13.9. The third-order valence-electron chi connectivity index (χ3n) is 3.78. The molecule has 0 amide bonds. The van der Waals surface area contributed by atoms with Crippen molar-refractivity contribution in [2.45, 2.75) is 52.0 Å². The van der Waals surface area contributed by atoms with Crippen LogP contribution in [-0.4, -0.2) is 27.5 Å². The van der Waals surface area contributed by atoms with Gasteiger partial charge in [-0.25, -0.2) is 4.98 Å². The van der Waals surface area contributed by atoms with E-state index in [9.17, 15) is 0 Å². The minimum Gasteiger partial charge on any atom is -0.481 e. The van der Waals surface area contributed by atoms with Crippen LogP contribution in [0.2, 0.25) is 0 Å². The van der Waals surface area contributed by atoms with Gasteiger partial charge < -0.3 is 9.30 Å². The van der Waals surface area contributed by atoms with E-state index >= 15 is 0 Å². The number of aryl methyl sites for hydroxylation is 1. The Balaban J connectivity index is 2.38. The van der Waals surface area contributed by atoms with Crippen molar-refractivity contribution < 1.29 is 4.74 Å². The molecule has 0 aliphatic heterocycles. The van der Waals surface area contributed by atoms with Crippen molar-refractivity contribution in [1.29, 1.82) is 0 Å². The summed E-state index contributed by atoms with van der Waals surface area (Å²) in [5, 5.41) is 0. The molecule has 0 radical (unpaired) electrons. The van der Waals surface area contributed by atoms with Crippen molar-refractivity contribution in [3.8, 4) is 5.88 Å². The molecule has 2 aromatic rings. The number of fused-ring (bicyclic) bond motifs is 1. The van der Waals surface area contributed by atoms with E-state index in [2.05, 4.69) is 28.4 Å². The van der Waals surface area contributed by atoms with Crippen LogP contribution in [0.5, 0.6) is 5.88 Å². The highest BCUT2D eigenvalue weighted by atomic mass is 35.5. The van der Waals surface area contributed by atoms with Gasteiger partial charge >= 0.3 is 0 Å². The molecule has 0 spiro atoms. The van der Waals surface area contributed by atoms with Crippen LogP contribution in [0.15, 0.2) is 12.1 Å². The first-order valence-corrected chi connectivity index (χ1v) is 8.22. The molecule has 1 unspecified atom stereocenters. The van der Waals surface area contributed by atoms with E-state index in [0.29, 0.717) is 17.8 Å². The quantitative estimate of drug-likeness (QED) is 0.537. The molecule has 0 aliphatic carbocycles. The van der Waals surface area contributed by atoms with E-state index in [-0.39, 0.29) is 0 Å². The van der Waals surface area contributed by atoms with Gasteiger partial charge in [0.1, 0.15) is 11.3 Å². The fourth-order valence-corrected chi connectivity index (χ4v) is 2.83. The van der Waals surface area contributed by atoms with Crippen LogP contribution in [-0.2, 0) is 6.42 Å². The lowest BCUT2D eigenvalue weighted by Gasteiger charge is -2.17. The Labute approximate surface area is 131 Å². The highest BCUT2D eigenvalue weighted by Gasteiger charge is 2.17. The molecule has 0 aromatic carbocycles. The van der Waals surface area contributed by atoms with Crippen molar-refractivity contribution in [3.63, 3.8) is 0 Å². The highest BCUT2D eigenvalue weighted by molar-refractivity contribution is 6.17. The molecule has 0 fully saturated rings. The number of hydrogen-bond acceptors (Lipinski definition) is 3. The first-order valence-electron chi connectivity index (χ1n) is 7.69. The number of imidazole rings is 1. The van der Waals surface area contributed by atoms with E-state index < -0.39 is 0 Å². The standard InChI is InChI=1S/C16H24ClN3O/c1-4-5-6-7-12(2)20-14(10-11-17)18-13-8-9-15(21-3)19-16(13)20/h8-9,12H,4-7,10-11H2,1-3H3. The molecule has 0 bridgehead atoms. The Hall–Kier alpha value is -1.29. The lowest BCUT2D eigenvalue weighted by molar-refractivity contribution is 0.397. The Morgan fingerprint density at radius 1 is 1.29 bits per heavy atom. The summed E-state index contributed by atoms with van der Waals surface area (Å²) in [5.41, 5.74) is 1.82. The minimum absolute atomic E-state index is 0.374. The van der Waals surface area contributed by atoms with Crippen molar-refractivity contribution in [3.05, 3.63) is 18.0 Å². The topological polar surface area (TPSA) is 39.9 Å². The zero-order valence-electron chi connectivity index (χ0n) is 13.1. The van der Waals surface area contributed by atoms with Gasteiger partial charge in [0.05, 0.1) is 7.11 Å². The SMILES string of the molecule is CCCCCC(C)n1c(CCCl)nc2ccc(OC)nc21. The Morgan fingerprint density at radius 2 is 2.10 bits per heavy atom. The van der Waals surface area contributed by atoms with Crippen molar-refractivity contribution in [2.24, 2.45) is 0 Å². The third kappa shape index (κ3) is 3.67. The van der Waals surface area contributed by atoms with Crippen LogP contribution >= 0.6 is 11.6 Å². The fraction of sp³-hybridized carbons (Fsp3) is 0.625. The minimum atomic E-state index is 0.374. The highest BCUT2D eigenvalue weighted by Crippen LogP contribution is 2.25. The molecule has 116 valence electrons. The van der Waals surface area contributed by atoms with E-state index in [1.54, 1.807) is 7.11 Å². The second-order valence-corrected chi connectivity index (χ2v) is 5.76. The zero-order chi connectivity index (χ0) is 15.2. The number of unbranched alkanes of at least 4 members (excludes halogenated alkanes) is 2. The second kappa shape index (κ2) is 7.64. The van der Waals surface area contributed by atoms with Crippen LogP contribution in [0.25, 0.3) is 11.2 Å². The number of aromatic nitrogens is 3. The van der Waals surface area contributed by atoms with Crippen LogP contribution < -0.4 is 4.74 Å². The van der Waals surface area contributed by atoms with E-state index in [4.69, 9.17) is 16.3 Å². The third-order valence-corrected chi connectivity index (χ3v) is 3.97. The number of alkyl halides is 1. The fourth-order valence-electron chi connectivity index (χ4n) is 2.66. The van der Waals surface area contributed by atoms with E-state index in [0.717, 1.165) is 29.8 Å². The molecule has 2 heterocycles. The molecule has 0 saturated heterocycles. The molecule has 0 aliphatic rings. The van der Waals surface area contributed by atoms with Gasteiger partial charge in [-0.1, -0.05) is 26.2 Å². The Morgan fingerprint density at radius 3 is 2.76 bits per heavy atom. The summed E-state index contributed by atoms with van der Waals surface area (Å²) in [6.45, 7) is 4.46. The smallest absolute Gasteiger partial charge is 0.215 e. The number of hydrogen-bond donors (Lipinski definition) is 0. The summed E-state index contributed by atoms with van der Waals surface area (Å²) in [5.74, 6) is 2.22. The molecular formula is C16H24ClN3O. The molecule has 1 atom stereocenters. The number of halogens is 1. The average Bonchev–Trinajstić information content (AvgIpc) is 2.84. The predicted molar refractivity (Wildman–Crippen MR) is 87.4 cm³/mol. The number of methoxy groups -OCH3 is 1. The normalized spacial score (nSPS) is 12.8. The summed E-state index contributed by atoms with van der Waals surface area (Å²) < 4.78 is 7.48. The molecule has 2 aromatic heterocycles. The van der Waals surface area contributed by atoms with Crippen LogP contribution in [0.4, 0.5) is 0 Å². The average molecular weight is 310 g/mol. The van der Waals surface area contributed by atoms with Gasteiger partial charge in [-0.05, 0) is 19.4 Å². The van der Waals surface area contributed by atoms with E-state index in [1.165, 1.54) is 19.3 Å². The van der Waals surface area contributed by atoms with Gasteiger partial charge in [-0.15, -0.1) is 11.6 Å². The summed E-state index contributed by atoms with van der Waals surface area (Å²) in [6, 6.07) is 4.19. The van der Waals surface area contributed by atoms with Gasteiger partial charge in [-0.3, -0.25) is 0 Å². The lowest BCUT2D eigenvalue weighted by atomic mass is 10.1. The molecule has 0 N–H and O–H groups in total. The Kier molecular flexibility index (Phi) is 5.85. The Bertz CT molecular complexity index is 582. The van der Waals surface area contributed by atoms with Gasteiger partial charge in [0.15, 0.2) is 5.65 Å². The summed E-state index contributed by atoms with van der Waals surface area (Å²) in [6.07, 6.45) is 5.62. The van der Waals surface area contributed by atoms with Crippen LogP contribution in [0.3, 0.4) is 0 Å². The summed E-state index contributed by atoms with van der Waals surface area (Å²) >= 11 is 5.93. The number of ether oxygens (including phenoxy) is 1. The molecule has 2 rings (SSSR count). The van der Waals surface area contributed by atoms with Gasteiger partial charge in [0.25, 0.3) is 0 Å². The van der Waals surface area contributed by atoms with E-state index in [1.807, 2.05) is 12.1 Å². The van der Waals surface area contributed by atoms with Gasteiger partial charge in [0, 0.05) is 24.4 Å². The lowest BCUT2D eigenvalue weighted by Crippen LogP contribution is -2.11. The molecule has 21 heavy (non-hydrogen) atoms. The predicted octanol–water partition coefficient (Wildman–Crippen LogP) is 4.36. The summed E-state index contributed by atoms with van der Waals surface area (Å²) in [4.78, 5) is 9.27. The number of pyridine rings is 1. The van der Waals surface area contributed by atoms with Gasteiger partial charge in [0.2, 0.25) is 5.88 Å². The maximum Gasteiger partial charge on any atom is 0.215 e. The number of nitrogens with zero attached hydrogens (tertiary/aromatic N) is 3. The first-order chi connectivity index (χ1) is 10.2. The van der Waals surface area contributed by atoms with Crippen molar-refractivity contribution in [1.82, 2.24) is 14.5 Å².